The second-order valence-electron chi connectivity index (χ2n) is 3.60. The number of aryl methyl sites for hydroxylation is 1. The highest BCUT2D eigenvalue weighted by Gasteiger charge is 2.12. The molecule has 7 heteroatoms. The number of anilines is 3. The van der Waals surface area contributed by atoms with Gasteiger partial charge in [-0.3, -0.25) is 0 Å². The molecule has 18 heavy (non-hydrogen) atoms. The molecule has 3 N–H and O–H groups in total. The van der Waals surface area contributed by atoms with Gasteiger partial charge in [-0.1, -0.05) is 0 Å². The Balaban J connectivity index is 2.39. The molecule has 0 radical (unpaired) electrons. The Bertz CT molecular complexity index is 581. The summed E-state index contributed by atoms with van der Waals surface area (Å²) in [6, 6.07) is 2.61. The number of nitrogens with two attached hydrogens (primary N) is 1. The molecular formula is C11H9F3N4. The fourth-order valence-corrected chi connectivity index (χ4v) is 1.44. The van der Waals surface area contributed by atoms with Gasteiger partial charge >= 0.3 is 0 Å². The minimum absolute atomic E-state index is 0.156. The van der Waals surface area contributed by atoms with Crippen LogP contribution in [-0.2, 0) is 0 Å². The van der Waals surface area contributed by atoms with E-state index in [1.165, 1.54) is 6.07 Å². The van der Waals surface area contributed by atoms with Crippen LogP contribution in [0.25, 0.3) is 0 Å². The Hall–Kier alpha value is -2.31. The van der Waals surface area contributed by atoms with E-state index in [-0.39, 0.29) is 17.3 Å². The summed E-state index contributed by atoms with van der Waals surface area (Å²) in [6.07, 6.45) is 0. The maximum Gasteiger partial charge on any atom is 0.182 e. The van der Waals surface area contributed by atoms with Crippen LogP contribution < -0.4 is 11.1 Å². The number of nitrogens with one attached hydrogen (secondary N) is 1. The van der Waals surface area contributed by atoms with Gasteiger partial charge < -0.3 is 11.1 Å². The highest BCUT2D eigenvalue weighted by atomic mass is 19.2. The number of rotatable bonds is 2. The predicted molar refractivity (Wildman–Crippen MR) is 60.8 cm³/mol. The van der Waals surface area contributed by atoms with Crippen molar-refractivity contribution in [2.24, 2.45) is 0 Å². The molecule has 0 spiro atoms. The molecule has 0 amide bonds. The normalized spacial score (nSPS) is 10.4. The maximum absolute atomic E-state index is 13.4. The van der Waals surface area contributed by atoms with Gasteiger partial charge in [0.1, 0.15) is 23.3 Å². The second-order valence-corrected chi connectivity index (χ2v) is 3.60. The molecule has 1 aromatic carbocycles. The Labute approximate surface area is 101 Å². The summed E-state index contributed by atoms with van der Waals surface area (Å²) in [5, 5.41) is 2.45. The van der Waals surface area contributed by atoms with Crippen LogP contribution in [0.1, 0.15) is 5.82 Å². The molecule has 1 aromatic heterocycles. The van der Waals surface area contributed by atoms with Crippen LogP contribution in [0, 0.1) is 24.4 Å². The SMILES string of the molecule is Cc1nc(N)cc(Nc2cc(F)cc(F)c2F)n1. The van der Waals surface area contributed by atoms with Gasteiger partial charge in [0.25, 0.3) is 0 Å². The third-order valence-corrected chi connectivity index (χ3v) is 2.11. The van der Waals surface area contributed by atoms with Crippen molar-refractivity contribution in [3.63, 3.8) is 0 Å². The van der Waals surface area contributed by atoms with E-state index < -0.39 is 17.5 Å². The molecule has 94 valence electrons. The number of nitrogens with zero attached hydrogens (tertiary/aromatic N) is 2. The van der Waals surface area contributed by atoms with E-state index in [0.29, 0.717) is 11.9 Å². The topological polar surface area (TPSA) is 63.8 Å². The number of nitrogen functional groups attached to an aromatic ring is 1. The van der Waals surface area contributed by atoms with Gasteiger partial charge in [-0.25, -0.2) is 23.1 Å². The van der Waals surface area contributed by atoms with Crippen molar-refractivity contribution in [3.8, 4) is 0 Å². The zero-order valence-corrected chi connectivity index (χ0v) is 9.34. The Morgan fingerprint density at radius 1 is 1.11 bits per heavy atom. The van der Waals surface area contributed by atoms with Crippen molar-refractivity contribution < 1.29 is 13.2 Å². The van der Waals surface area contributed by atoms with Crippen molar-refractivity contribution >= 4 is 17.3 Å². The standard InChI is InChI=1S/C11H9F3N4/c1-5-16-9(15)4-10(17-5)18-8-3-6(12)2-7(13)11(8)14/h2-4H,1H3,(H3,15,16,17,18). The van der Waals surface area contributed by atoms with E-state index in [0.717, 1.165) is 6.07 Å². The highest BCUT2D eigenvalue weighted by molar-refractivity contribution is 5.59. The third kappa shape index (κ3) is 2.50. The zero-order valence-electron chi connectivity index (χ0n) is 9.34. The first-order chi connectivity index (χ1) is 8.45. The van der Waals surface area contributed by atoms with Gasteiger partial charge in [-0.2, -0.15) is 0 Å². The van der Waals surface area contributed by atoms with Gasteiger partial charge in [0.05, 0.1) is 5.69 Å². The summed E-state index contributed by atoms with van der Waals surface area (Å²) < 4.78 is 39.3. The molecule has 0 saturated heterocycles. The first-order valence-corrected chi connectivity index (χ1v) is 4.98. The van der Waals surface area contributed by atoms with Crippen LogP contribution in [0.4, 0.5) is 30.5 Å². The van der Waals surface area contributed by atoms with E-state index in [9.17, 15) is 13.2 Å². The lowest BCUT2D eigenvalue weighted by molar-refractivity contribution is 0.498. The first-order valence-electron chi connectivity index (χ1n) is 4.98. The number of benzene rings is 1. The lowest BCUT2D eigenvalue weighted by Crippen LogP contribution is -2.03. The summed E-state index contributed by atoms with van der Waals surface area (Å²) in [5.74, 6) is -2.68. The predicted octanol–water partition coefficient (Wildman–Crippen LogP) is 2.53. The molecule has 2 aromatic rings. The van der Waals surface area contributed by atoms with E-state index in [1.807, 2.05) is 0 Å². The fraction of sp³-hybridized carbons (Fsp3) is 0.0909. The van der Waals surface area contributed by atoms with Gasteiger partial charge in [0, 0.05) is 18.2 Å². The van der Waals surface area contributed by atoms with Gasteiger partial charge in [0.15, 0.2) is 11.6 Å². The average Bonchev–Trinajstić information content (AvgIpc) is 2.23. The van der Waals surface area contributed by atoms with E-state index in [1.54, 1.807) is 6.92 Å². The van der Waals surface area contributed by atoms with Crippen LogP contribution in [0.3, 0.4) is 0 Å². The molecule has 0 aliphatic heterocycles. The summed E-state index contributed by atoms with van der Waals surface area (Å²) in [6.45, 7) is 1.59. The van der Waals surface area contributed by atoms with Crippen molar-refractivity contribution in [1.29, 1.82) is 0 Å². The van der Waals surface area contributed by atoms with Crippen molar-refractivity contribution in [2.75, 3.05) is 11.1 Å². The monoisotopic (exact) mass is 254 g/mol. The quantitative estimate of drug-likeness (QED) is 0.808. The van der Waals surface area contributed by atoms with Crippen LogP contribution in [-0.4, -0.2) is 9.97 Å². The second kappa shape index (κ2) is 4.52. The van der Waals surface area contributed by atoms with Gasteiger partial charge in [-0.15, -0.1) is 0 Å². The van der Waals surface area contributed by atoms with E-state index in [4.69, 9.17) is 5.73 Å². The molecule has 2 rings (SSSR count). The largest absolute Gasteiger partial charge is 0.384 e. The molecule has 0 fully saturated rings. The van der Waals surface area contributed by atoms with Crippen molar-refractivity contribution in [3.05, 3.63) is 41.5 Å². The minimum Gasteiger partial charge on any atom is -0.384 e. The summed E-state index contributed by atoms with van der Waals surface area (Å²) in [5.41, 5.74) is 5.12. The smallest absolute Gasteiger partial charge is 0.182 e. The molecule has 0 atom stereocenters. The van der Waals surface area contributed by atoms with Crippen molar-refractivity contribution in [1.82, 2.24) is 9.97 Å². The molecule has 0 bridgehead atoms. The summed E-state index contributed by atoms with van der Waals surface area (Å²) in [7, 11) is 0. The average molecular weight is 254 g/mol. The number of aromatic nitrogens is 2. The summed E-state index contributed by atoms with van der Waals surface area (Å²) in [4.78, 5) is 7.73. The van der Waals surface area contributed by atoms with Crippen LogP contribution >= 0.6 is 0 Å². The third-order valence-electron chi connectivity index (χ3n) is 2.11. The number of hydrogen-bond donors (Lipinski definition) is 2. The Morgan fingerprint density at radius 2 is 1.83 bits per heavy atom. The van der Waals surface area contributed by atoms with Crippen LogP contribution in [0.15, 0.2) is 18.2 Å². The van der Waals surface area contributed by atoms with Gasteiger partial charge in [0.2, 0.25) is 0 Å². The zero-order chi connectivity index (χ0) is 13.3. The van der Waals surface area contributed by atoms with Crippen molar-refractivity contribution in [2.45, 2.75) is 6.92 Å². The molecule has 0 unspecified atom stereocenters. The molecule has 4 nitrogen and oxygen atoms in total. The number of halogens is 3. The maximum atomic E-state index is 13.4. The Morgan fingerprint density at radius 3 is 2.50 bits per heavy atom. The molecule has 1 heterocycles. The van der Waals surface area contributed by atoms with E-state index >= 15 is 0 Å². The Kier molecular flexibility index (Phi) is 3.05. The molecule has 0 aliphatic carbocycles. The molecular weight excluding hydrogens is 245 g/mol. The van der Waals surface area contributed by atoms with E-state index in [2.05, 4.69) is 15.3 Å². The highest BCUT2D eigenvalue weighted by Crippen LogP contribution is 2.23. The fourth-order valence-electron chi connectivity index (χ4n) is 1.44. The van der Waals surface area contributed by atoms with Crippen LogP contribution in [0.5, 0.6) is 0 Å². The first kappa shape index (κ1) is 12.2. The summed E-state index contributed by atoms with van der Waals surface area (Å²) >= 11 is 0. The van der Waals surface area contributed by atoms with Crippen LogP contribution in [0.2, 0.25) is 0 Å². The molecule has 0 aliphatic rings. The minimum atomic E-state index is -1.28. The molecule has 0 saturated carbocycles. The lowest BCUT2D eigenvalue weighted by Gasteiger charge is -2.08. The lowest BCUT2D eigenvalue weighted by atomic mass is 10.2. The van der Waals surface area contributed by atoms with Gasteiger partial charge in [-0.05, 0) is 6.92 Å². The number of hydrogen-bond acceptors (Lipinski definition) is 4.